The number of aromatic nitrogens is 3. The predicted molar refractivity (Wildman–Crippen MR) is 126 cm³/mol. The van der Waals surface area contributed by atoms with Gasteiger partial charge in [0, 0.05) is 24.8 Å². The molecule has 0 radical (unpaired) electrons. The molecule has 3 heterocycles. The SMILES string of the molecule is C[C@H](Sc1nnc(N2CCOCC2)n1-c1cccc(F)c1)C(=O)Nc1ccc2c(c1)OCCO2. The van der Waals surface area contributed by atoms with Crippen LogP contribution in [0.15, 0.2) is 47.6 Å². The van der Waals surface area contributed by atoms with E-state index in [9.17, 15) is 9.18 Å². The van der Waals surface area contributed by atoms with Crippen LogP contribution in [0.2, 0.25) is 0 Å². The smallest absolute Gasteiger partial charge is 0.237 e. The van der Waals surface area contributed by atoms with Crippen molar-refractivity contribution in [3.8, 4) is 17.2 Å². The Balaban J connectivity index is 1.36. The first-order valence-corrected chi connectivity index (χ1v) is 11.9. The van der Waals surface area contributed by atoms with Crippen LogP contribution in [0, 0.1) is 5.82 Å². The third kappa shape index (κ3) is 4.80. The maximum Gasteiger partial charge on any atom is 0.237 e. The standard InChI is InChI=1S/C23H24FN5O4S/c1-15(21(30)25-17-5-6-19-20(14-17)33-12-11-32-19)34-23-27-26-22(28-7-9-31-10-8-28)29(23)18-4-2-3-16(24)13-18/h2-6,13-15H,7-12H2,1H3,(H,25,30)/t15-/m0/s1. The second kappa shape index (κ2) is 9.90. The van der Waals surface area contributed by atoms with E-state index in [0.29, 0.717) is 73.5 Å². The molecule has 11 heteroatoms. The van der Waals surface area contributed by atoms with Crippen molar-refractivity contribution in [2.24, 2.45) is 0 Å². The van der Waals surface area contributed by atoms with Crippen molar-refractivity contribution < 1.29 is 23.4 Å². The van der Waals surface area contributed by atoms with Crippen molar-refractivity contribution in [2.45, 2.75) is 17.3 Å². The lowest BCUT2D eigenvalue weighted by molar-refractivity contribution is -0.115. The Morgan fingerprint density at radius 1 is 1.06 bits per heavy atom. The van der Waals surface area contributed by atoms with Gasteiger partial charge >= 0.3 is 0 Å². The number of carbonyl (C=O) groups excluding carboxylic acids is 1. The molecule has 3 aromatic rings. The topological polar surface area (TPSA) is 90.7 Å². The number of hydrogen-bond donors (Lipinski definition) is 1. The molecule has 1 fully saturated rings. The largest absolute Gasteiger partial charge is 0.486 e. The number of morpholine rings is 1. The lowest BCUT2D eigenvalue weighted by Crippen LogP contribution is -2.38. The Hall–Kier alpha value is -3.31. The van der Waals surface area contributed by atoms with Crippen molar-refractivity contribution >= 4 is 29.3 Å². The summed E-state index contributed by atoms with van der Waals surface area (Å²) in [7, 11) is 0. The summed E-state index contributed by atoms with van der Waals surface area (Å²) >= 11 is 1.25. The number of nitrogens with zero attached hydrogens (tertiary/aromatic N) is 4. The highest BCUT2D eigenvalue weighted by Crippen LogP contribution is 2.34. The zero-order chi connectivity index (χ0) is 23.5. The molecule has 2 aliphatic heterocycles. The Labute approximate surface area is 200 Å². The molecular weight excluding hydrogens is 461 g/mol. The molecule has 1 N–H and O–H groups in total. The van der Waals surface area contributed by atoms with Gasteiger partial charge < -0.3 is 24.4 Å². The van der Waals surface area contributed by atoms with E-state index < -0.39 is 5.25 Å². The van der Waals surface area contributed by atoms with Crippen LogP contribution >= 0.6 is 11.8 Å². The monoisotopic (exact) mass is 485 g/mol. The number of carbonyl (C=O) groups is 1. The number of hydrogen-bond acceptors (Lipinski definition) is 8. The van der Waals surface area contributed by atoms with Crippen LogP contribution in [0.5, 0.6) is 11.5 Å². The van der Waals surface area contributed by atoms with E-state index in [-0.39, 0.29) is 11.7 Å². The predicted octanol–water partition coefficient (Wildman–Crippen LogP) is 3.13. The van der Waals surface area contributed by atoms with Crippen molar-refractivity contribution in [3.05, 3.63) is 48.3 Å². The van der Waals surface area contributed by atoms with E-state index in [4.69, 9.17) is 14.2 Å². The lowest BCUT2D eigenvalue weighted by atomic mass is 10.2. The molecule has 0 bridgehead atoms. The van der Waals surface area contributed by atoms with Gasteiger partial charge in [0.15, 0.2) is 16.7 Å². The Morgan fingerprint density at radius 3 is 2.65 bits per heavy atom. The molecule has 2 aliphatic rings. The number of anilines is 2. The third-order valence-electron chi connectivity index (χ3n) is 5.44. The molecule has 1 amide bonds. The molecule has 0 unspecified atom stereocenters. The second-order valence-corrected chi connectivity index (χ2v) is 9.11. The Kier molecular flexibility index (Phi) is 6.54. The number of rotatable bonds is 6. The van der Waals surface area contributed by atoms with E-state index in [1.807, 2.05) is 4.90 Å². The van der Waals surface area contributed by atoms with Crippen molar-refractivity contribution in [1.29, 1.82) is 0 Å². The van der Waals surface area contributed by atoms with Crippen LogP contribution in [-0.4, -0.2) is 65.4 Å². The van der Waals surface area contributed by atoms with Gasteiger partial charge in [-0.1, -0.05) is 17.8 Å². The van der Waals surface area contributed by atoms with E-state index in [1.165, 1.54) is 23.9 Å². The first-order chi connectivity index (χ1) is 16.6. The summed E-state index contributed by atoms with van der Waals surface area (Å²) < 4.78 is 32.4. The summed E-state index contributed by atoms with van der Waals surface area (Å²) in [4.78, 5) is 15.0. The van der Waals surface area contributed by atoms with Crippen LogP contribution < -0.4 is 19.7 Å². The number of benzene rings is 2. The molecule has 1 aromatic heterocycles. The summed E-state index contributed by atoms with van der Waals surface area (Å²) in [5.41, 5.74) is 1.20. The second-order valence-electron chi connectivity index (χ2n) is 7.81. The minimum absolute atomic E-state index is 0.205. The summed E-state index contributed by atoms with van der Waals surface area (Å²) in [6.07, 6.45) is 0. The number of fused-ring (bicyclic) bond motifs is 1. The molecule has 34 heavy (non-hydrogen) atoms. The molecule has 1 atom stereocenters. The minimum atomic E-state index is -0.498. The van der Waals surface area contributed by atoms with Crippen LogP contribution in [-0.2, 0) is 9.53 Å². The summed E-state index contributed by atoms with van der Waals surface area (Å²) in [5.74, 6) is 1.29. The fourth-order valence-electron chi connectivity index (χ4n) is 3.72. The summed E-state index contributed by atoms with van der Waals surface area (Å²) in [6.45, 7) is 5.22. The van der Waals surface area contributed by atoms with Gasteiger partial charge in [-0.2, -0.15) is 0 Å². The Morgan fingerprint density at radius 2 is 1.85 bits per heavy atom. The van der Waals surface area contributed by atoms with E-state index in [0.717, 1.165) is 0 Å². The molecule has 5 rings (SSSR count). The van der Waals surface area contributed by atoms with Gasteiger partial charge in [0.25, 0.3) is 0 Å². The van der Waals surface area contributed by atoms with Gasteiger partial charge in [-0.3, -0.25) is 9.36 Å². The van der Waals surface area contributed by atoms with Gasteiger partial charge in [-0.05, 0) is 37.3 Å². The minimum Gasteiger partial charge on any atom is -0.486 e. The third-order valence-corrected chi connectivity index (χ3v) is 6.48. The van der Waals surface area contributed by atoms with Crippen LogP contribution in [0.3, 0.4) is 0 Å². The quantitative estimate of drug-likeness (QED) is 0.533. The highest BCUT2D eigenvalue weighted by atomic mass is 32.2. The molecule has 0 saturated carbocycles. The molecule has 2 aromatic carbocycles. The number of ether oxygens (including phenoxy) is 3. The highest BCUT2D eigenvalue weighted by Gasteiger charge is 2.25. The number of thioether (sulfide) groups is 1. The van der Waals surface area contributed by atoms with Crippen LogP contribution in [0.25, 0.3) is 5.69 Å². The normalized spacial score (nSPS) is 16.2. The zero-order valence-corrected chi connectivity index (χ0v) is 19.4. The van der Waals surface area contributed by atoms with Gasteiger partial charge in [0.05, 0.1) is 24.2 Å². The van der Waals surface area contributed by atoms with Crippen molar-refractivity contribution in [3.63, 3.8) is 0 Å². The first kappa shape index (κ1) is 22.5. The average Bonchev–Trinajstić information content (AvgIpc) is 3.28. The zero-order valence-electron chi connectivity index (χ0n) is 18.6. The van der Waals surface area contributed by atoms with Gasteiger partial charge in [0.1, 0.15) is 19.0 Å². The average molecular weight is 486 g/mol. The number of nitrogens with one attached hydrogen (secondary N) is 1. The van der Waals surface area contributed by atoms with E-state index in [2.05, 4.69) is 15.5 Å². The molecule has 0 spiro atoms. The van der Waals surface area contributed by atoms with E-state index in [1.54, 1.807) is 41.8 Å². The fourth-order valence-corrected chi connectivity index (χ4v) is 4.59. The fraction of sp³-hybridized carbons (Fsp3) is 0.348. The molecule has 0 aliphatic carbocycles. The lowest BCUT2D eigenvalue weighted by Gasteiger charge is -2.28. The first-order valence-electron chi connectivity index (χ1n) is 11.0. The molecular formula is C23H24FN5O4S. The van der Waals surface area contributed by atoms with Crippen LogP contribution in [0.4, 0.5) is 16.0 Å². The summed E-state index contributed by atoms with van der Waals surface area (Å²) in [6, 6.07) is 11.5. The summed E-state index contributed by atoms with van der Waals surface area (Å²) in [5, 5.41) is 11.6. The van der Waals surface area contributed by atoms with Crippen LogP contribution in [0.1, 0.15) is 6.92 Å². The highest BCUT2D eigenvalue weighted by molar-refractivity contribution is 8.00. The number of amides is 1. The number of halogens is 1. The van der Waals surface area contributed by atoms with Crippen molar-refractivity contribution in [1.82, 2.24) is 14.8 Å². The molecule has 1 saturated heterocycles. The maximum absolute atomic E-state index is 14.0. The van der Waals surface area contributed by atoms with Gasteiger partial charge in [-0.25, -0.2) is 4.39 Å². The molecule has 9 nitrogen and oxygen atoms in total. The molecule has 178 valence electrons. The Bertz CT molecular complexity index is 1180. The maximum atomic E-state index is 14.0. The van der Waals surface area contributed by atoms with Crippen molar-refractivity contribution in [2.75, 3.05) is 49.7 Å². The van der Waals surface area contributed by atoms with Gasteiger partial charge in [0.2, 0.25) is 11.9 Å². The van der Waals surface area contributed by atoms with E-state index >= 15 is 0 Å². The van der Waals surface area contributed by atoms with Gasteiger partial charge in [-0.15, -0.1) is 10.2 Å².